The highest BCUT2D eigenvalue weighted by molar-refractivity contribution is 8.00. The molecule has 1 atom stereocenters. The number of nitrogens with zero attached hydrogens (tertiary/aromatic N) is 2. The van der Waals surface area contributed by atoms with E-state index in [1.165, 1.54) is 36.3 Å². The number of thioether (sulfide) groups is 1. The highest BCUT2D eigenvalue weighted by Crippen LogP contribution is 2.32. The molecule has 0 bridgehead atoms. The van der Waals surface area contributed by atoms with Gasteiger partial charge in [0.15, 0.2) is 5.78 Å². The molecule has 0 unspecified atom stereocenters. The molecule has 3 aromatic heterocycles. The first-order valence-corrected chi connectivity index (χ1v) is 9.84. The zero-order valence-electron chi connectivity index (χ0n) is 13.1. The number of amides is 1. The molecule has 0 saturated heterocycles. The SMILES string of the molecule is CC(=O)NCc1ccc(C(=O)[C@H](C)Sc2ncnc3sccc23)s1. The maximum Gasteiger partial charge on any atom is 0.217 e. The molecule has 3 aromatic rings. The van der Waals surface area contributed by atoms with Crippen LogP contribution in [0.4, 0.5) is 0 Å². The zero-order valence-corrected chi connectivity index (χ0v) is 15.6. The number of thiophene rings is 2. The van der Waals surface area contributed by atoms with Crippen molar-refractivity contribution in [2.45, 2.75) is 30.7 Å². The molecule has 0 aliphatic heterocycles. The van der Waals surface area contributed by atoms with Crippen LogP contribution >= 0.6 is 34.4 Å². The summed E-state index contributed by atoms with van der Waals surface area (Å²) in [6.45, 7) is 3.82. The van der Waals surface area contributed by atoms with Crippen molar-refractivity contribution in [3.63, 3.8) is 0 Å². The van der Waals surface area contributed by atoms with Gasteiger partial charge >= 0.3 is 0 Å². The summed E-state index contributed by atoms with van der Waals surface area (Å²) in [7, 11) is 0. The van der Waals surface area contributed by atoms with Gasteiger partial charge < -0.3 is 5.32 Å². The molecule has 3 rings (SSSR count). The molecule has 124 valence electrons. The van der Waals surface area contributed by atoms with Crippen molar-refractivity contribution >= 4 is 56.3 Å². The predicted octanol–water partition coefficient (Wildman–Crippen LogP) is 3.75. The number of hydrogen-bond donors (Lipinski definition) is 1. The van der Waals surface area contributed by atoms with Gasteiger partial charge in [-0.3, -0.25) is 9.59 Å². The van der Waals surface area contributed by atoms with E-state index < -0.39 is 0 Å². The Kier molecular flexibility index (Phi) is 5.27. The van der Waals surface area contributed by atoms with Gasteiger partial charge in [-0.1, -0.05) is 11.8 Å². The molecule has 0 spiro atoms. The van der Waals surface area contributed by atoms with Crippen molar-refractivity contribution < 1.29 is 9.59 Å². The lowest BCUT2D eigenvalue weighted by molar-refractivity contribution is -0.119. The molecule has 24 heavy (non-hydrogen) atoms. The van der Waals surface area contributed by atoms with Crippen molar-refractivity contribution in [1.82, 2.24) is 15.3 Å². The fraction of sp³-hybridized carbons (Fsp3) is 0.250. The molecule has 0 aromatic carbocycles. The average molecular weight is 378 g/mol. The van der Waals surface area contributed by atoms with Gasteiger partial charge in [0.25, 0.3) is 0 Å². The molecule has 8 heteroatoms. The third-order valence-electron chi connectivity index (χ3n) is 3.30. The van der Waals surface area contributed by atoms with Crippen LogP contribution in [-0.2, 0) is 11.3 Å². The first-order chi connectivity index (χ1) is 11.5. The Hall–Kier alpha value is -1.77. The molecule has 1 amide bonds. The van der Waals surface area contributed by atoms with Crippen LogP contribution < -0.4 is 5.32 Å². The smallest absolute Gasteiger partial charge is 0.217 e. The third-order valence-corrected chi connectivity index (χ3v) is 6.34. The van der Waals surface area contributed by atoms with Gasteiger partial charge in [-0.2, -0.15) is 0 Å². The fourth-order valence-electron chi connectivity index (χ4n) is 2.10. The third kappa shape index (κ3) is 3.82. The number of rotatable bonds is 6. The number of carbonyl (C=O) groups excluding carboxylic acids is 2. The molecule has 0 aliphatic rings. The van der Waals surface area contributed by atoms with Crippen LogP contribution in [0, 0.1) is 0 Å². The Morgan fingerprint density at radius 3 is 2.92 bits per heavy atom. The van der Waals surface area contributed by atoms with Crippen molar-refractivity contribution in [2.75, 3.05) is 0 Å². The summed E-state index contributed by atoms with van der Waals surface area (Å²) in [6.07, 6.45) is 1.54. The Balaban J connectivity index is 1.70. The van der Waals surface area contributed by atoms with Crippen LogP contribution in [0.5, 0.6) is 0 Å². The highest BCUT2D eigenvalue weighted by Gasteiger charge is 2.20. The Bertz CT molecular complexity index is 887. The van der Waals surface area contributed by atoms with Gasteiger partial charge in [0.1, 0.15) is 16.2 Å². The van der Waals surface area contributed by atoms with E-state index in [1.54, 1.807) is 11.3 Å². The summed E-state index contributed by atoms with van der Waals surface area (Å²) in [5, 5.41) is 6.30. The lowest BCUT2D eigenvalue weighted by Crippen LogP contribution is -2.18. The average Bonchev–Trinajstić information content (AvgIpc) is 3.21. The van der Waals surface area contributed by atoms with Gasteiger partial charge in [-0.25, -0.2) is 9.97 Å². The van der Waals surface area contributed by atoms with E-state index in [1.807, 2.05) is 30.5 Å². The minimum absolute atomic E-state index is 0.0704. The molecule has 3 heterocycles. The fourth-order valence-corrected chi connectivity index (χ4v) is 4.92. The summed E-state index contributed by atoms with van der Waals surface area (Å²) in [4.78, 5) is 34.7. The maximum absolute atomic E-state index is 12.6. The summed E-state index contributed by atoms with van der Waals surface area (Å²) in [6, 6.07) is 5.69. The van der Waals surface area contributed by atoms with Gasteiger partial charge in [0.2, 0.25) is 5.91 Å². The number of nitrogens with one attached hydrogen (secondary N) is 1. The normalized spacial score (nSPS) is 12.2. The molecule has 1 N–H and O–H groups in total. The molecule has 0 saturated carbocycles. The van der Waals surface area contributed by atoms with E-state index in [0.717, 1.165) is 20.1 Å². The molecule has 0 radical (unpaired) electrons. The lowest BCUT2D eigenvalue weighted by atomic mass is 10.2. The van der Waals surface area contributed by atoms with Crippen LogP contribution in [0.25, 0.3) is 10.2 Å². The summed E-state index contributed by atoms with van der Waals surface area (Å²) < 4.78 is 0. The van der Waals surface area contributed by atoms with E-state index >= 15 is 0 Å². The second-order valence-electron chi connectivity index (χ2n) is 5.12. The minimum atomic E-state index is -0.240. The molecule has 5 nitrogen and oxygen atoms in total. The monoisotopic (exact) mass is 377 g/mol. The molecular weight excluding hydrogens is 362 g/mol. The van der Waals surface area contributed by atoms with Crippen molar-refractivity contribution in [3.8, 4) is 0 Å². The van der Waals surface area contributed by atoms with E-state index in [2.05, 4.69) is 15.3 Å². The summed E-state index contributed by atoms with van der Waals surface area (Å²) >= 11 is 4.43. The predicted molar refractivity (Wildman–Crippen MR) is 98.9 cm³/mol. The number of hydrogen-bond acceptors (Lipinski definition) is 7. The van der Waals surface area contributed by atoms with E-state index in [9.17, 15) is 9.59 Å². The van der Waals surface area contributed by atoms with Crippen LogP contribution in [0.1, 0.15) is 28.4 Å². The van der Waals surface area contributed by atoms with Crippen LogP contribution in [0.15, 0.2) is 34.9 Å². The summed E-state index contributed by atoms with van der Waals surface area (Å²) in [5.41, 5.74) is 0. The van der Waals surface area contributed by atoms with E-state index in [4.69, 9.17) is 0 Å². The van der Waals surface area contributed by atoms with Crippen LogP contribution in [-0.4, -0.2) is 26.9 Å². The van der Waals surface area contributed by atoms with Crippen molar-refractivity contribution in [2.24, 2.45) is 0 Å². The number of carbonyl (C=O) groups is 2. The first-order valence-electron chi connectivity index (χ1n) is 7.27. The summed E-state index contributed by atoms with van der Waals surface area (Å²) in [5.74, 6) is -0.00944. The van der Waals surface area contributed by atoms with Gasteiger partial charge in [-0.05, 0) is 30.5 Å². The second kappa shape index (κ2) is 7.42. The van der Waals surface area contributed by atoms with Crippen LogP contribution in [0.3, 0.4) is 0 Å². The van der Waals surface area contributed by atoms with Gasteiger partial charge in [0, 0.05) is 17.2 Å². The Morgan fingerprint density at radius 1 is 1.29 bits per heavy atom. The minimum Gasteiger partial charge on any atom is -0.351 e. The number of ketones is 1. The number of aromatic nitrogens is 2. The number of Topliss-reactive ketones (excluding diaryl/α,β-unsaturated/α-hetero) is 1. The topological polar surface area (TPSA) is 72.0 Å². The number of fused-ring (bicyclic) bond motifs is 1. The van der Waals surface area contributed by atoms with Crippen molar-refractivity contribution in [3.05, 3.63) is 39.7 Å². The molecule has 0 fully saturated rings. The van der Waals surface area contributed by atoms with E-state index in [0.29, 0.717) is 11.4 Å². The lowest BCUT2D eigenvalue weighted by Gasteiger charge is -2.08. The largest absolute Gasteiger partial charge is 0.351 e. The van der Waals surface area contributed by atoms with Crippen LogP contribution in [0.2, 0.25) is 0 Å². The van der Waals surface area contributed by atoms with Gasteiger partial charge in [0.05, 0.1) is 16.7 Å². The maximum atomic E-state index is 12.6. The quantitative estimate of drug-likeness (QED) is 0.402. The van der Waals surface area contributed by atoms with E-state index in [-0.39, 0.29) is 16.9 Å². The van der Waals surface area contributed by atoms with Gasteiger partial charge in [-0.15, -0.1) is 22.7 Å². The highest BCUT2D eigenvalue weighted by atomic mass is 32.2. The molecule has 0 aliphatic carbocycles. The van der Waals surface area contributed by atoms with Crippen molar-refractivity contribution in [1.29, 1.82) is 0 Å². The Labute approximate surface area is 151 Å². The second-order valence-corrected chi connectivity index (χ2v) is 8.51. The Morgan fingerprint density at radius 2 is 2.12 bits per heavy atom. The molecular formula is C16H15N3O2S3. The zero-order chi connectivity index (χ0) is 17.1. The standard InChI is InChI=1S/C16H15N3O2S3/c1-9(23-16-12-5-6-22-15(12)18-8-19-16)14(21)13-4-3-11(24-13)7-17-10(2)20/h3-6,8-9H,7H2,1-2H3,(H,17,20)/t9-/m0/s1. The first kappa shape index (κ1) is 17.1.